The number of carboxylic acids is 1. The van der Waals surface area contributed by atoms with E-state index in [1.807, 2.05) is 60.2 Å². The lowest BCUT2D eigenvalue weighted by Gasteiger charge is -2.40. The fraction of sp³-hybridized carbons (Fsp3) is 0.703. The summed E-state index contributed by atoms with van der Waals surface area (Å²) < 4.78 is 6.52. The number of rotatable bonds is 17. The second kappa shape index (κ2) is 16.6. The maximum Gasteiger partial charge on any atom is 0.331 e. The molecule has 0 aliphatic heterocycles. The Morgan fingerprint density at radius 3 is 1.91 bits per heavy atom. The first kappa shape index (κ1) is 41.7. The van der Waals surface area contributed by atoms with Crippen LogP contribution in [-0.4, -0.2) is 77.1 Å². The average Bonchev–Trinajstić information content (AvgIpc) is 2.92. The van der Waals surface area contributed by atoms with E-state index in [2.05, 4.69) is 69.5 Å². The van der Waals surface area contributed by atoms with Gasteiger partial charge in [-0.1, -0.05) is 99.6 Å². The molecule has 1 rings (SSSR count). The van der Waals surface area contributed by atoms with Crippen LogP contribution in [0.25, 0.3) is 0 Å². The highest BCUT2D eigenvalue weighted by Gasteiger charge is 2.42. The summed E-state index contributed by atoms with van der Waals surface area (Å²) in [5, 5.41) is 15.7. The lowest BCUT2D eigenvalue weighted by molar-refractivity contribution is -0.141. The molecule has 0 fully saturated rings. The van der Waals surface area contributed by atoms with E-state index < -0.39 is 40.5 Å². The van der Waals surface area contributed by atoms with Gasteiger partial charge in [-0.25, -0.2) is 4.79 Å². The number of nitrogens with zero attached hydrogens (tertiary/aromatic N) is 1. The molecular formula is C37H63N3O5S. The van der Waals surface area contributed by atoms with Crippen LogP contribution in [0.3, 0.4) is 0 Å². The van der Waals surface area contributed by atoms with E-state index >= 15 is 0 Å². The molecule has 1 aromatic rings. The second-order valence-electron chi connectivity index (χ2n) is 15.5. The molecule has 9 heteroatoms. The summed E-state index contributed by atoms with van der Waals surface area (Å²) in [6, 6.07) is 6.33. The first-order chi connectivity index (χ1) is 20.9. The average molecular weight is 662 g/mol. The topological polar surface area (TPSA) is 108 Å². The number of aliphatic carboxylic acids is 1. The van der Waals surface area contributed by atoms with Gasteiger partial charge in [0.2, 0.25) is 11.8 Å². The molecule has 0 aromatic heterocycles. The van der Waals surface area contributed by atoms with E-state index in [4.69, 9.17) is 4.74 Å². The largest absolute Gasteiger partial charge is 0.478 e. The third kappa shape index (κ3) is 11.4. The number of hydrogen-bond acceptors (Lipinski definition) is 6. The van der Waals surface area contributed by atoms with Gasteiger partial charge in [0.1, 0.15) is 6.04 Å². The molecule has 0 saturated carbocycles. The van der Waals surface area contributed by atoms with Crippen molar-refractivity contribution in [2.45, 2.75) is 130 Å². The first-order valence-electron chi connectivity index (χ1n) is 16.5. The number of carboxylic acid groups (broad SMARTS) is 1. The zero-order valence-electron chi connectivity index (χ0n) is 31.3. The Bertz CT molecular complexity index is 1200. The highest BCUT2D eigenvalue weighted by atomic mass is 32.2. The second-order valence-corrected chi connectivity index (χ2v) is 17.4. The number of thioether (sulfide) groups is 1. The van der Waals surface area contributed by atoms with Gasteiger partial charge in [-0.3, -0.25) is 9.59 Å². The number of amides is 2. The van der Waals surface area contributed by atoms with Crippen molar-refractivity contribution in [1.82, 2.24) is 15.5 Å². The Hall–Kier alpha value is -2.36. The number of likely N-dealkylation sites (N-methyl/N-ethyl adjacent to an activating group) is 2. The monoisotopic (exact) mass is 661 g/mol. The molecule has 1 aromatic carbocycles. The standard InChI is InChI=1S/C37H63N3O5S/c1-16-46-35(8,9)21-22-45-37(12,13)27-19-17-26(18-20-27)36(10,11)29(38-14)31(41)39-30(34(5,6)7)32(42)40(15)28(24(2)3)23-25(4)33(43)44/h17-20,23-24,28-30,38H,16,21-22H2,1-15H3,(H,39,41)(H,43,44)/b25-23+/t28-,29-,30?/m1/s1. The Kier molecular flexibility index (Phi) is 15.1. The van der Waals surface area contributed by atoms with Gasteiger partial charge in [-0.2, -0.15) is 11.8 Å². The molecule has 0 heterocycles. The molecule has 0 spiro atoms. The van der Waals surface area contributed by atoms with Gasteiger partial charge < -0.3 is 25.4 Å². The molecule has 0 aliphatic rings. The van der Waals surface area contributed by atoms with E-state index in [0.717, 1.165) is 23.3 Å². The molecule has 46 heavy (non-hydrogen) atoms. The van der Waals surface area contributed by atoms with Crippen molar-refractivity contribution in [3.8, 4) is 0 Å². The maximum atomic E-state index is 14.0. The highest BCUT2D eigenvalue weighted by Crippen LogP contribution is 2.33. The minimum atomic E-state index is -1.03. The Labute approximate surface area is 283 Å². The minimum absolute atomic E-state index is 0.0335. The summed E-state index contributed by atoms with van der Waals surface area (Å²) in [4.78, 5) is 41.0. The first-order valence-corrected chi connectivity index (χ1v) is 17.5. The number of hydrogen-bond donors (Lipinski definition) is 3. The van der Waals surface area contributed by atoms with Crippen molar-refractivity contribution < 1.29 is 24.2 Å². The number of benzene rings is 1. The predicted molar refractivity (Wildman–Crippen MR) is 192 cm³/mol. The van der Waals surface area contributed by atoms with Crippen LogP contribution in [0.1, 0.15) is 108 Å². The van der Waals surface area contributed by atoms with Crippen molar-refractivity contribution >= 4 is 29.5 Å². The summed E-state index contributed by atoms with van der Waals surface area (Å²) in [5.41, 5.74) is 0.520. The van der Waals surface area contributed by atoms with Crippen molar-refractivity contribution in [2.75, 3.05) is 26.5 Å². The predicted octanol–water partition coefficient (Wildman–Crippen LogP) is 6.77. The molecule has 3 N–H and O–H groups in total. The number of carbonyl (C=O) groups is 3. The summed E-state index contributed by atoms with van der Waals surface area (Å²) in [6.07, 6.45) is 2.57. The SMILES string of the molecule is CCSC(C)(C)CCOC(C)(C)c1ccc(C(C)(C)[C@H](NC)C(=O)NC(C(=O)N(C)[C@H](/C=C(\C)C(=O)O)C(C)C)C(C)(C)C)cc1. The van der Waals surface area contributed by atoms with Gasteiger partial charge in [0.25, 0.3) is 0 Å². The molecule has 0 bridgehead atoms. The third-order valence-electron chi connectivity index (χ3n) is 8.93. The summed E-state index contributed by atoms with van der Waals surface area (Å²) in [5.74, 6) is -0.541. The highest BCUT2D eigenvalue weighted by molar-refractivity contribution is 8.00. The molecular weight excluding hydrogens is 598 g/mol. The number of ether oxygens (including phenoxy) is 1. The maximum absolute atomic E-state index is 14.0. The van der Waals surface area contributed by atoms with Crippen LogP contribution in [0.5, 0.6) is 0 Å². The van der Waals surface area contributed by atoms with Crippen LogP contribution in [0.2, 0.25) is 0 Å². The molecule has 2 amide bonds. The van der Waals surface area contributed by atoms with Gasteiger partial charge in [-0.15, -0.1) is 0 Å². The smallest absolute Gasteiger partial charge is 0.331 e. The summed E-state index contributed by atoms with van der Waals surface area (Å²) in [6.45, 7) is 26.7. The zero-order valence-corrected chi connectivity index (χ0v) is 32.1. The van der Waals surface area contributed by atoms with Crippen LogP contribution < -0.4 is 10.6 Å². The fourth-order valence-corrected chi connectivity index (χ4v) is 6.70. The molecule has 1 unspecified atom stereocenters. The lowest BCUT2D eigenvalue weighted by Crippen LogP contribution is -2.61. The van der Waals surface area contributed by atoms with Crippen molar-refractivity contribution in [2.24, 2.45) is 11.3 Å². The number of nitrogens with one attached hydrogen (secondary N) is 2. The van der Waals surface area contributed by atoms with E-state index in [-0.39, 0.29) is 28.1 Å². The van der Waals surface area contributed by atoms with E-state index in [1.165, 1.54) is 6.92 Å². The van der Waals surface area contributed by atoms with E-state index in [9.17, 15) is 19.5 Å². The van der Waals surface area contributed by atoms with Gasteiger partial charge in [0.15, 0.2) is 0 Å². The molecule has 8 nitrogen and oxygen atoms in total. The van der Waals surface area contributed by atoms with E-state index in [0.29, 0.717) is 6.61 Å². The van der Waals surface area contributed by atoms with Gasteiger partial charge in [0, 0.05) is 29.4 Å². The lowest BCUT2D eigenvalue weighted by atomic mass is 9.76. The molecule has 0 saturated heterocycles. The molecule has 262 valence electrons. The third-order valence-corrected chi connectivity index (χ3v) is 10.2. The van der Waals surface area contributed by atoms with Crippen LogP contribution in [0.4, 0.5) is 0 Å². The van der Waals surface area contributed by atoms with Crippen LogP contribution in [-0.2, 0) is 30.1 Å². The van der Waals surface area contributed by atoms with Crippen molar-refractivity contribution in [1.29, 1.82) is 0 Å². The zero-order chi connectivity index (χ0) is 35.8. The van der Waals surface area contributed by atoms with E-state index in [1.54, 1.807) is 25.1 Å². The van der Waals surface area contributed by atoms with Crippen molar-refractivity contribution in [3.05, 3.63) is 47.0 Å². The quantitative estimate of drug-likeness (QED) is 0.158. The van der Waals surface area contributed by atoms with Crippen LogP contribution >= 0.6 is 11.8 Å². The van der Waals surface area contributed by atoms with Crippen molar-refractivity contribution in [3.63, 3.8) is 0 Å². The molecule has 3 atom stereocenters. The number of carbonyl (C=O) groups excluding carboxylic acids is 2. The van der Waals surface area contributed by atoms with Gasteiger partial charge in [0.05, 0.1) is 17.7 Å². The summed E-state index contributed by atoms with van der Waals surface area (Å²) in [7, 11) is 3.42. The van der Waals surface area contributed by atoms with Gasteiger partial charge >= 0.3 is 5.97 Å². The minimum Gasteiger partial charge on any atom is -0.478 e. The molecule has 0 radical (unpaired) electrons. The summed E-state index contributed by atoms with van der Waals surface area (Å²) >= 11 is 1.94. The molecule has 0 aliphatic carbocycles. The van der Waals surface area contributed by atoms with Crippen LogP contribution in [0, 0.1) is 11.3 Å². The Morgan fingerprint density at radius 1 is 0.957 bits per heavy atom. The normalized spacial score (nSPS) is 15.3. The fourth-order valence-electron chi connectivity index (χ4n) is 5.69. The Balaban J connectivity index is 3.24. The van der Waals surface area contributed by atoms with Crippen LogP contribution in [0.15, 0.2) is 35.9 Å². The van der Waals surface area contributed by atoms with Gasteiger partial charge in [-0.05, 0) is 62.5 Å². The Morgan fingerprint density at radius 2 is 1.48 bits per heavy atom.